The van der Waals surface area contributed by atoms with Crippen molar-refractivity contribution >= 4 is 0 Å². The summed E-state index contributed by atoms with van der Waals surface area (Å²) in [6.07, 6.45) is 7.79. The molecule has 17 heavy (non-hydrogen) atoms. The van der Waals surface area contributed by atoms with E-state index < -0.39 is 0 Å². The van der Waals surface area contributed by atoms with Gasteiger partial charge in [0, 0.05) is 25.6 Å². The van der Waals surface area contributed by atoms with Crippen molar-refractivity contribution < 1.29 is 20.1 Å². The van der Waals surface area contributed by atoms with Crippen molar-refractivity contribution in [2.75, 3.05) is 6.54 Å². The fourth-order valence-corrected chi connectivity index (χ4v) is 1.71. The Morgan fingerprint density at radius 1 is 1.41 bits per heavy atom. The summed E-state index contributed by atoms with van der Waals surface area (Å²) >= 11 is 0. The maximum absolute atomic E-state index is 4.15. The molecule has 2 heterocycles. The van der Waals surface area contributed by atoms with Gasteiger partial charge < -0.3 is 14.8 Å². The summed E-state index contributed by atoms with van der Waals surface area (Å²) in [6, 6.07) is 5.10. The summed E-state index contributed by atoms with van der Waals surface area (Å²) in [5.41, 5.74) is 0.975. The minimum atomic E-state index is -0.116. The van der Waals surface area contributed by atoms with Crippen molar-refractivity contribution in [3.05, 3.63) is 49.2 Å². The molecule has 0 spiro atoms. The fourth-order valence-electron chi connectivity index (χ4n) is 1.71. The number of pyridine rings is 1. The molecule has 0 saturated carbocycles. The van der Waals surface area contributed by atoms with Crippen LogP contribution in [0.3, 0.4) is 0 Å². The van der Waals surface area contributed by atoms with Crippen LogP contribution in [0.2, 0.25) is 0 Å². The Morgan fingerprint density at radius 2 is 2.18 bits per heavy atom. The topological polar surface area (TPSA) is 19.4 Å². The molecule has 0 N–H and O–H groups in total. The number of hydrogen-bond acceptors (Lipinski definition) is 3. The summed E-state index contributed by atoms with van der Waals surface area (Å²) in [5, 5.41) is 0. The minimum Gasteiger partial charge on any atom is -0.508 e. The molecule has 0 unspecified atom stereocenters. The zero-order chi connectivity index (χ0) is 11.6. The van der Waals surface area contributed by atoms with Gasteiger partial charge in [0.2, 0.25) is 0 Å². The molecule has 0 amide bonds. The maximum Gasteiger partial charge on any atom is 0.0113 e. The summed E-state index contributed by atoms with van der Waals surface area (Å²) < 4.78 is 0. The SMILES string of the molecule is CCN1C=CN(C(C)(C)c2[c-]ccnc2)[CH-]1.[Ir]. The van der Waals surface area contributed by atoms with Crippen LogP contribution in [0.5, 0.6) is 0 Å². The first-order valence-corrected chi connectivity index (χ1v) is 5.54. The maximum atomic E-state index is 4.15. The molecule has 0 aliphatic carbocycles. The molecule has 1 aliphatic heterocycles. The molecule has 0 aromatic carbocycles. The van der Waals surface area contributed by atoms with E-state index in [4.69, 9.17) is 0 Å². The monoisotopic (exact) mass is 408 g/mol. The summed E-state index contributed by atoms with van der Waals surface area (Å²) in [6.45, 7) is 9.56. The van der Waals surface area contributed by atoms with Crippen molar-refractivity contribution in [1.82, 2.24) is 14.8 Å². The second kappa shape index (κ2) is 5.65. The molecule has 1 aliphatic rings. The van der Waals surface area contributed by atoms with E-state index in [2.05, 4.69) is 60.7 Å². The minimum absolute atomic E-state index is 0. The third-order valence-corrected chi connectivity index (χ3v) is 2.96. The molecular weight excluding hydrogens is 390 g/mol. The van der Waals surface area contributed by atoms with Crippen molar-refractivity contribution in [3.63, 3.8) is 0 Å². The second-order valence-electron chi connectivity index (χ2n) is 4.36. The molecular formula is C13H17IrN3-2. The van der Waals surface area contributed by atoms with Gasteiger partial charge in [0.05, 0.1) is 0 Å². The van der Waals surface area contributed by atoms with Crippen LogP contribution in [0.25, 0.3) is 0 Å². The molecule has 1 aromatic heterocycles. The van der Waals surface area contributed by atoms with Gasteiger partial charge in [-0.3, -0.25) is 0 Å². The van der Waals surface area contributed by atoms with E-state index in [0.29, 0.717) is 0 Å². The number of nitrogens with zero attached hydrogens (tertiary/aromatic N) is 3. The van der Waals surface area contributed by atoms with E-state index in [0.717, 1.165) is 12.1 Å². The molecule has 0 atom stereocenters. The largest absolute Gasteiger partial charge is 0.508 e. The van der Waals surface area contributed by atoms with Gasteiger partial charge in [0.1, 0.15) is 0 Å². The molecule has 4 heteroatoms. The van der Waals surface area contributed by atoms with Crippen molar-refractivity contribution in [1.29, 1.82) is 0 Å². The summed E-state index contributed by atoms with van der Waals surface area (Å²) in [7, 11) is 0. The predicted molar refractivity (Wildman–Crippen MR) is 63.8 cm³/mol. The van der Waals surface area contributed by atoms with Gasteiger partial charge in [0.25, 0.3) is 0 Å². The Hall–Kier alpha value is -0.861. The van der Waals surface area contributed by atoms with Gasteiger partial charge in [0.15, 0.2) is 0 Å². The first-order valence-electron chi connectivity index (χ1n) is 5.54. The summed E-state index contributed by atoms with van der Waals surface area (Å²) in [4.78, 5) is 8.49. The zero-order valence-corrected chi connectivity index (χ0v) is 12.7. The quantitative estimate of drug-likeness (QED) is 0.717. The van der Waals surface area contributed by atoms with Crippen LogP contribution >= 0.6 is 0 Å². The molecule has 1 radical (unpaired) electrons. The fraction of sp³-hybridized carbons (Fsp3) is 0.385. The van der Waals surface area contributed by atoms with Gasteiger partial charge in [-0.05, 0) is 32.8 Å². The predicted octanol–water partition coefficient (Wildman–Crippen LogP) is 2.34. The molecule has 2 rings (SSSR count). The van der Waals surface area contributed by atoms with Crippen molar-refractivity contribution in [3.8, 4) is 0 Å². The smallest absolute Gasteiger partial charge is 0.0113 e. The van der Waals surface area contributed by atoms with Crippen LogP contribution < -0.4 is 0 Å². The Labute approximate surface area is 117 Å². The molecule has 0 bridgehead atoms. The van der Waals surface area contributed by atoms with Gasteiger partial charge in [-0.15, -0.1) is 5.56 Å². The Kier molecular flexibility index (Phi) is 4.72. The van der Waals surface area contributed by atoms with E-state index in [-0.39, 0.29) is 25.6 Å². The number of aromatic nitrogens is 1. The third kappa shape index (κ3) is 2.88. The molecule has 0 fully saturated rings. The van der Waals surface area contributed by atoms with Gasteiger partial charge in [-0.1, -0.05) is 19.3 Å². The van der Waals surface area contributed by atoms with E-state index in [1.54, 1.807) is 6.20 Å². The molecule has 3 nitrogen and oxygen atoms in total. The van der Waals surface area contributed by atoms with E-state index in [1.807, 2.05) is 12.3 Å². The van der Waals surface area contributed by atoms with Gasteiger partial charge >= 0.3 is 0 Å². The van der Waals surface area contributed by atoms with Crippen LogP contribution in [-0.2, 0) is 25.6 Å². The first kappa shape index (κ1) is 14.2. The standard InChI is InChI=1S/C13H17N3.Ir/c1-4-15-8-9-16(11-15)13(2,3)12-6-5-7-14-10-12;/h5,7-11H,4H2,1-3H3;/q-2;. The Morgan fingerprint density at radius 3 is 2.71 bits per heavy atom. The van der Waals surface area contributed by atoms with Crippen molar-refractivity contribution in [2.45, 2.75) is 26.3 Å². The average Bonchev–Trinajstić information content (AvgIpc) is 2.79. The zero-order valence-electron chi connectivity index (χ0n) is 10.3. The number of hydrogen-bond donors (Lipinski definition) is 0. The van der Waals surface area contributed by atoms with Gasteiger partial charge in [-0.25, -0.2) is 0 Å². The van der Waals surface area contributed by atoms with Crippen LogP contribution in [-0.4, -0.2) is 21.3 Å². The third-order valence-electron chi connectivity index (χ3n) is 2.96. The Bertz CT molecular complexity index is 376. The van der Waals surface area contributed by atoms with Crippen LogP contribution in [0.15, 0.2) is 30.9 Å². The van der Waals surface area contributed by atoms with Gasteiger partial charge in [-0.2, -0.15) is 18.8 Å². The molecule has 95 valence electrons. The first-order chi connectivity index (χ1) is 7.64. The second-order valence-corrected chi connectivity index (χ2v) is 4.36. The van der Waals surface area contributed by atoms with Crippen LogP contribution in [0, 0.1) is 12.7 Å². The summed E-state index contributed by atoms with van der Waals surface area (Å²) in [5.74, 6) is 0. The van der Waals surface area contributed by atoms with E-state index in [9.17, 15) is 0 Å². The van der Waals surface area contributed by atoms with Crippen LogP contribution in [0.4, 0.5) is 0 Å². The van der Waals surface area contributed by atoms with E-state index >= 15 is 0 Å². The van der Waals surface area contributed by atoms with Crippen molar-refractivity contribution in [2.24, 2.45) is 0 Å². The van der Waals surface area contributed by atoms with E-state index in [1.165, 1.54) is 0 Å². The normalized spacial score (nSPS) is 15.0. The average molecular weight is 408 g/mol. The van der Waals surface area contributed by atoms with Crippen LogP contribution in [0.1, 0.15) is 26.3 Å². The molecule has 0 saturated heterocycles. The Balaban J connectivity index is 0.00000144. The number of rotatable bonds is 3. The molecule has 1 aromatic rings.